The van der Waals surface area contributed by atoms with Crippen LogP contribution in [0.4, 0.5) is 11.4 Å². The molecule has 17 heavy (non-hydrogen) atoms. The van der Waals surface area contributed by atoms with Gasteiger partial charge < -0.3 is 16.2 Å². The predicted molar refractivity (Wildman–Crippen MR) is 77.6 cm³/mol. The summed E-state index contributed by atoms with van der Waals surface area (Å²) in [5, 5.41) is 0. The zero-order valence-corrected chi connectivity index (χ0v) is 12.2. The number of ether oxygens (including phenoxy) is 1. The maximum absolute atomic E-state index is 6.02. The molecule has 0 spiro atoms. The van der Waals surface area contributed by atoms with Crippen LogP contribution in [0.1, 0.15) is 30.5 Å². The van der Waals surface area contributed by atoms with Crippen LogP contribution in [-0.4, -0.2) is 5.60 Å². The van der Waals surface area contributed by atoms with Crippen molar-refractivity contribution in [3.8, 4) is 5.75 Å². The number of hydrogen-bond acceptors (Lipinski definition) is 3. The molecule has 3 nitrogen and oxygen atoms in total. The van der Waals surface area contributed by atoms with Crippen molar-refractivity contribution >= 4 is 36.2 Å². The van der Waals surface area contributed by atoms with Gasteiger partial charge in [-0.1, -0.05) is 0 Å². The molecule has 0 aromatic heterocycles. The molecule has 0 bridgehead atoms. The fourth-order valence-corrected chi connectivity index (χ4v) is 2.14. The lowest BCUT2D eigenvalue weighted by Crippen LogP contribution is -2.24. The molecule has 0 aliphatic carbocycles. The van der Waals surface area contributed by atoms with Crippen LogP contribution in [0.25, 0.3) is 0 Å². The minimum absolute atomic E-state index is 0. The molecule has 0 radical (unpaired) electrons. The van der Waals surface area contributed by atoms with Crippen molar-refractivity contribution < 1.29 is 4.74 Å². The van der Waals surface area contributed by atoms with Crippen LogP contribution in [-0.2, 0) is 6.42 Å². The summed E-state index contributed by atoms with van der Waals surface area (Å²) in [6, 6.07) is 0. The molecular formula is C12H20Cl2N2O. The van der Waals surface area contributed by atoms with E-state index in [0.29, 0.717) is 11.4 Å². The Morgan fingerprint density at radius 2 is 1.53 bits per heavy atom. The minimum Gasteiger partial charge on any atom is -0.487 e. The molecule has 0 unspecified atom stereocenters. The summed E-state index contributed by atoms with van der Waals surface area (Å²) in [5.74, 6) is 0.934. The van der Waals surface area contributed by atoms with Crippen LogP contribution in [0, 0.1) is 13.8 Å². The van der Waals surface area contributed by atoms with Crippen molar-refractivity contribution in [3.63, 3.8) is 0 Å². The lowest BCUT2D eigenvalue weighted by atomic mass is 9.95. The second-order valence-electron chi connectivity index (χ2n) is 4.92. The molecule has 4 N–H and O–H groups in total. The Hall–Kier alpha value is -0.800. The monoisotopic (exact) mass is 278 g/mol. The second kappa shape index (κ2) is 4.83. The Morgan fingerprint density at radius 3 is 2.06 bits per heavy atom. The summed E-state index contributed by atoms with van der Waals surface area (Å²) in [7, 11) is 0. The fraction of sp³-hybridized carbons (Fsp3) is 0.500. The smallest absolute Gasteiger partial charge is 0.128 e. The van der Waals surface area contributed by atoms with Gasteiger partial charge in [0.15, 0.2) is 0 Å². The fourth-order valence-electron chi connectivity index (χ4n) is 2.14. The predicted octanol–water partition coefficient (Wildman–Crippen LogP) is 3.02. The van der Waals surface area contributed by atoms with Gasteiger partial charge >= 0.3 is 0 Å². The molecule has 0 fully saturated rings. The van der Waals surface area contributed by atoms with Gasteiger partial charge in [-0.15, -0.1) is 24.8 Å². The molecular weight excluding hydrogens is 259 g/mol. The van der Waals surface area contributed by atoms with Crippen molar-refractivity contribution in [2.24, 2.45) is 0 Å². The highest BCUT2D eigenvalue weighted by molar-refractivity contribution is 5.85. The first-order valence-electron chi connectivity index (χ1n) is 5.19. The summed E-state index contributed by atoms with van der Waals surface area (Å²) >= 11 is 0. The molecule has 0 saturated carbocycles. The van der Waals surface area contributed by atoms with E-state index < -0.39 is 0 Å². The van der Waals surface area contributed by atoms with Crippen molar-refractivity contribution in [3.05, 3.63) is 16.7 Å². The number of nitrogen functional groups attached to an aromatic ring is 2. The molecule has 5 heteroatoms. The molecule has 0 atom stereocenters. The number of anilines is 2. The van der Waals surface area contributed by atoms with E-state index in [1.54, 1.807) is 0 Å². The van der Waals surface area contributed by atoms with Crippen molar-refractivity contribution in [2.45, 2.75) is 39.7 Å². The van der Waals surface area contributed by atoms with E-state index in [0.717, 1.165) is 28.9 Å². The van der Waals surface area contributed by atoms with Gasteiger partial charge in [0.25, 0.3) is 0 Å². The Balaban J connectivity index is 0.00000128. The van der Waals surface area contributed by atoms with E-state index in [9.17, 15) is 0 Å². The van der Waals surface area contributed by atoms with Crippen molar-refractivity contribution in [2.75, 3.05) is 11.5 Å². The quantitative estimate of drug-likeness (QED) is 0.717. The molecule has 98 valence electrons. The normalized spacial score (nSPS) is 15.3. The first-order chi connectivity index (χ1) is 6.83. The van der Waals surface area contributed by atoms with Gasteiger partial charge in [-0.3, -0.25) is 0 Å². The van der Waals surface area contributed by atoms with Gasteiger partial charge in [-0.25, -0.2) is 0 Å². The average Bonchev–Trinajstić information content (AvgIpc) is 2.48. The van der Waals surface area contributed by atoms with Crippen LogP contribution in [0.3, 0.4) is 0 Å². The molecule has 1 heterocycles. The number of nitrogens with two attached hydrogens (primary N) is 2. The highest BCUT2D eigenvalue weighted by Crippen LogP contribution is 2.44. The van der Waals surface area contributed by atoms with Crippen molar-refractivity contribution in [1.82, 2.24) is 0 Å². The first kappa shape index (κ1) is 16.2. The van der Waals surface area contributed by atoms with Gasteiger partial charge in [0, 0.05) is 12.0 Å². The summed E-state index contributed by atoms with van der Waals surface area (Å²) < 4.78 is 5.91. The van der Waals surface area contributed by atoms with E-state index in [1.165, 1.54) is 0 Å². The zero-order valence-electron chi connectivity index (χ0n) is 10.6. The second-order valence-corrected chi connectivity index (χ2v) is 4.92. The van der Waals surface area contributed by atoms with E-state index in [-0.39, 0.29) is 30.4 Å². The van der Waals surface area contributed by atoms with E-state index in [2.05, 4.69) is 13.8 Å². The molecule has 2 rings (SSSR count). The largest absolute Gasteiger partial charge is 0.487 e. The number of benzene rings is 1. The number of halogens is 2. The Bertz CT molecular complexity index is 406. The highest BCUT2D eigenvalue weighted by atomic mass is 35.5. The Morgan fingerprint density at radius 1 is 1.00 bits per heavy atom. The number of hydrogen-bond donors (Lipinski definition) is 2. The first-order valence-corrected chi connectivity index (χ1v) is 5.19. The molecule has 1 aliphatic heterocycles. The van der Waals surface area contributed by atoms with E-state index >= 15 is 0 Å². The van der Waals surface area contributed by atoms with Gasteiger partial charge in [0.05, 0.1) is 11.4 Å². The van der Waals surface area contributed by atoms with Crippen LogP contribution in [0.5, 0.6) is 5.75 Å². The molecule has 1 aliphatic rings. The zero-order chi connectivity index (χ0) is 11.4. The van der Waals surface area contributed by atoms with E-state index in [4.69, 9.17) is 16.2 Å². The van der Waals surface area contributed by atoms with Crippen LogP contribution in [0.2, 0.25) is 0 Å². The Labute approximate surface area is 115 Å². The Kier molecular flexibility index (Phi) is 4.60. The highest BCUT2D eigenvalue weighted by Gasteiger charge is 2.34. The average molecular weight is 279 g/mol. The summed E-state index contributed by atoms with van der Waals surface area (Å²) in [6.07, 6.45) is 0.833. The standard InChI is InChI=1S/C12H18N2O.2ClH/c1-6-7(2)11-8(10(14)9(6)13)5-12(3,4)15-11;;/h5,13-14H2,1-4H3;2*1H. The summed E-state index contributed by atoms with van der Waals surface area (Å²) in [5.41, 5.74) is 16.4. The van der Waals surface area contributed by atoms with Gasteiger partial charge in [-0.2, -0.15) is 0 Å². The molecule has 1 aromatic rings. The number of rotatable bonds is 0. The molecule has 0 amide bonds. The van der Waals surface area contributed by atoms with Gasteiger partial charge in [0.1, 0.15) is 11.4 Å². The lowest BCUT2D eigenvalue weighted by Gasteiger charge is -2.18. The third kappa shape index (κ3) is 2.40. The topological polar surface area (TPSA) is 61.3 Å². The lowest BCUT2D eigenvalue weighted by molar-refractivity contribution is 0.137. The summed E-state index contributed by atoms with van der Waals surface area (Å²) in [4.78, 5) is 0. The molecule has 0 saturated heterocycles. The summed E-state index contributed by atoms with van der Waals surface area (Å²) in [6.45, 7) is 8.15. The van der Waals surface area contributed by atoms with Crippen LogP contribution in [0.15, 0.2) is 0 Å². The maximum Gasteiger partial charge on any atom is 0.128 e. The van der Waals surface area contributed by atoms with Gasteiger partial charge in [0.2, 0.25) is 0 Å². The maximum atomic E-state index is 6.02. The third-order valence-electron chi connectivity index (χ3n) is 3.18. The van der Waals surface area contributed by atoms with Crippen LogP contribution < -0.4 is 16.2 Å². The van der Waals surface area contributed by atoms with E-state index in [1.807, 2.05) is 13.8 Å². The molecule has 1 aromatic carbocycles. The van der Waals surface area contributed by atoms with Crippen LogP contribution >= 0.6 is 24.8 Å². The number of fused-ring (bicyclic) bond motifs is 1. The third-order valence-corrected chi connectivity index (χ3v) is 3.18. The van der Waals surface area contributed by atoms with Crippen molar-refractivity contribution in [1.29, 1.82) is 0 Å². The SMILES string of the molecule is Cc1c(C)c2c(c(N)c1N)CC(C)(C)O2.Cl.Cl. The van der Waals surface area contributed by atoms with Gasteiger partial charge in [-0.05, 0) is 38.8 Å². The minimum atomic E-state index is -0.165.